The Balaban J connectivity index is 2.40. The van der Waals surface area contributed by atoms with Gasteiger partial charge in [0.2, 0.25) is 15.8 Å². The van der Waals surface area contributed by atoms with Crippen molar-refractivity contribution in [3.63, 3.8) is 0 Å². The molecule has 12 heteroatoms. The van der Waals surface area contributed by atoms with Gasteiger partial charge in [-0.3, -0.25) is 10.2 Å². The van der Waals surface area contributed by atoms with Crippen LogP contribution in [-0.4, -0.2) is 39.3 Å². The van der Waals surface area contributed by atoms with E-state index >= 15 is 0 Å². The van der Waals surface area contributed by atoms with Crippen molar-refractivity contribution in [1.82, 2.24) is 5.43 Å². The molecule has 0 aliphatic carbocycles. The predicted octanol–water partition coefficient (Wildman–Crippen LogP) is 1.93. The number of nitrogens with one attached hydrogen (secondary N) is 1. The van der Waals surface area contributed by atoms with E-state index in [2.05, 4.69) is 5.43 Å². The topological polar surface area (TPSA) is 146 Å². The second-order valence-corrected chi connectivity index (χ2v) is 8.23. The average molecular weight is 483 g/mol. The molecule has 0 saturated heterocycles. The number of amides is 1. The van der Waals surface area contributed by atoms with E-state index < -0.39 is 15.9 Å². The quantitative estimate of drug-likeness (QED) is 0.360. The van der Waals surface area contributed by atoms with E-state index in [9.17, 15) is 13.2 Å². The number of primary sulfonamides is 1. The van der Waals surface area contributed by atoms with Crippen molar-refractivity contribution in [2.75, 3.05) is 24.8 Å². The first-order valence-corrected chi connectivity index (χ1v) is 11.7. The minimum Gasteiger partial charge on any atom is -0.490 e. The first kappa shape index (κ1) is 25.2. The Labute approximate surface area is 192 Å². The Morgan fingerprint density at radius 3 is 1.91 bits per heavy atom. The summed E-state index contributed by atoms with van der Waals surface area (Å²) in [6.07, 6.45) is 0. The number of benzene rings is 2. The van der Waals surface area contributed by atoms with E-state index in [1.807, 2.05) is 20.8 Å². The van der Waals surface area contributed by atoms with E-state index in [1.54, 1.807) is 0 Å². The van der Waals surface area contributed by atoms with Gasteiger partial charge >= 0.3 is 0 Å². The van der Waals surface area contributed by atoms with Crippen LogP contribution >= 0.6 is 12.2 Å². The smallest absolute Gasteiger partial charge is 0.270 e. The fraction of sp³-hybridized carbons (Fsp3) is 0.300. The molecule has 2 aromatic carbocycles. The van der Waals surface area contributed by atoms with Gasteiger partial charge in [-0.15, -0.1) is 0 Å². The lowest BCUT2D eigenvalue weighted by molar-refractivity contribution is 0.0954. The normalized spacial score (nSPS) is 10.9. The third-order valence-electron chi connectivity index (χ3n) is 4.03. The van der Waals surface area contributed by atoms with E-state index in [0.29, 0.717) is 42.8 Å². The fourth-order valence-corrected chi connectivity index (χ4v) is 3.38. The van der Waals surface area contributed by atoms with E-state index in [0.717, 1.165) is 5.01 Å². The van der Waals surface area contributed by atoms with Gasteiger partial charge in [-0.2, -0.15) is 0 Å². The zero-order valence-electron chi connectivity index (χ0n) is 18.0. The van der Waals surface area contributed by atoms with Gasteiger partial charge in [-0.1, -0.05) is 0 Å². The highest BCUT2D eigenvalue weighted by Gasteiger charge is 2.21. The van der Waals surface area contributed by atoms with Crippen LogP contribution in [0.1, 0.15) is 31.1 Å². The Hall–Kier alpha value is -3.09. The average Bonchev–Trinajstić information content (AvgIpc) is 2.73. The number of thiocarbonyl (C=S) groups is 1. The molecule has 0 spiro atoms. The maximum atomic E-state index is 13.0. The Bertz CT molecular complexity index is 1050. The van der Waals surface area contributed by atoms with Crippen molar-refractivity contribution in [3.05, 3.63) is 42.0 Å². The molecule has 2 aromatic rings. The summed E-state index contributed by atoms with van der Waals surface area (Å²) >= 11 is 5.04. The van der Waals surface area contributed by atoms with Crippen LogP contribution in [0.3, 0.4) is 0 Å². The molecule has 1 amide bonds. The van der Waals surface area contributed by atoms with Gasteiger partial charge in [0, 0.05) is 5.56 Å². The standard InChI is InChI=1S/C20H26N4O6S2/c1-4-28-16-11-13(12-17(29-5-2)18(16)30-6-3)19(25)23-24(20(21)31)14-7-9-15(10-8-14)32(22,26)27/h7-12H,4-6H2,1-3H3,(H2,21,31)(H,23,25)(H2,22,26,27). The number of carbonyl (C=O) groups is 1. The summed E-state index contributed by atoms with van der Waals surface area (Å²) in [5.41, 5.74) is 8.90. The van der Waals surface area contributed by atoms with Gasteiger partial charge in [-0.25, -0.2) is 18.6 Å². The number of nitrogens with two attached hydrogens (primary N) is 2. The first-order valence-electron chi connectivity index (χ1n) is 9.72. The number of nitrogens with zero attached hydrogens (tertiary/aromatic N) is 1. The van der Waals surface area contributed by atoms with Crippen molar-refractivity contribution >= 4 is 38.9 Å². The van der Waals surface area contributed by atoms with Gasteiger partial charge in [0.05, 0.1) is 30.4 Å². The van der Waals surface area contributed by atoms with E-state index in [4.69, 9.17) is 37.3 Å². The molecule has 0 atom stereocenters. The van der Waals surface area contributed by atoms with Gasteiger partial charge in [-0.05, 0) is 69.4 Å². The number of hydrogen-bond donors (Lipinski definition) is 3. The maximum Gasteiger partial charge on any atom is 0.270 e. The molecule has 0 radical (unpaired) electrons. The number of rotatable bonds is 9. The Kier molecular flexibility index (Phi) is 8.63. The molecule has 0 fully saturated rings. The van der Waals surface area contributed by atoms with Crippen LogP contribution in [0.25, 0.3) is 0 Å². The number of sulfonamides is 1. The number of hydrogen-bond acceptors (Lipinski definition) is 7. The first-order chi connectivity index (χ1) is 15.1. The van der Waals surface area contributed by atoms with Gasteiger partial charge in [0.15, 0.2) is 16.6 Å². The second-order valence-electron chi connectivity index (χ2n) is 6.25. The molecular formula is C20H26N4O6S2. The summed E-state index contributed by atoms with van der Waals surface area (Å²) in [7, 11) is -3.87. The number of hydrazine groups is 1. The molecule has 0 aliphatic heterocycles. The highest BCUT2D eigenvalue weighted by molar-refractivity contribution is 7.89. The van der Waals surface area contributed by atoms with E-state index in [1.165, 1.54) is 36.4 Å². The minimum absolute atomic E-state index is 0.0929. The molecule has 0 bridgehead atoms. The lowest BCUT2D eigenvalue weighted by Crippen LogP contribution is -2.49. The summed E-state index contributed by atoms with van der Waals surface area (Å²) in [6, 6.07) is 8.42. The van der Waals surface area contributed by atoms with Gasteiger partial charge < -0.3 is 19.9 Å². The number of ether oxygens (including phenoxy) is 3. The Morgan fingerprint density at radius 1 is 1.00 bits per heavy atom. The van der Waals surface area contributed by atoms with Crippen LogP contribution in [0.4, 0.5) is 5.69 Å². The molecule has 0 unspecified atom stereocenters. The number of anilines is 1. The van der Waals surface area contributed by atoms with Crippen molar-refractivity contribution in [2.45, 2.75) is 25.7 Å². The molecule has 0 aromatic heterocycles. The minimum atomic E-state index is -3.87. The van der Waals surface area contributed by atoms with Crippen LogP contribution < -0.4 is 35.5 Å². The molecule has 2 rings (SSSR count). The lowest BCUT2D eigenvalue weighted by atomic mass is 10.1. The second kappa shape index (κ2) is 11.0. The molecule has 0 saturated carbocycles. The summed E-state index contributed by atoms with van der Waals surface area (Å²) < 4.78 is 39.8. The van der Waals surface area contributed by atoms with Crippen LogP contribution in [0.5, 0.6) is 17.2 Å². The monoisotopic (exact) mass is 482 g/mol. The zero-order valence-corrected chi connectivity index (χ0v) is 19.6. The van der Waals surface area contributed by atoms with Crippen molar-refractivity contribution < 1.29 is 27.4 Å². The third-order valence-corrected chi connectivity index (χ3v) is 5.14. The maximum absolute atomic E-state index is 13.0. The SMILES string of the molecule is CCOc1cc(C(=O)NN(C(N)=S)c2ccc(S(N)(=O)=O)cc2)cc(OCC)c1OCC. The molecule has 174 valence electrons. The van der Waals surface area contributed by atoms with Crippen LogP contribution in [0.15, 0.2) is 41.3 Å². The summed E-state index contributed by atoms with van der Waals surface area (Å²) in [5.74, 6) is 0.547. The molecule has 32 heavy (non-hydrogen) atoms. The van der Waals surface area contributed by atoms with E-state index in [-0.39, 0.29) is 15.6 Å². The fourth-order valence-electron chi connectivity index (χ4n) is 2.72. The zero-order chi connectivity index (χ0) is 23.9. The van der Waals surface area contributed by atoms with Crippen LogP contribution in [0, 0.1) is 0 Å². The molecule has 5 N–H and O–H groups in total. The van der Waals surface area contributed by atoms with Gasteiger partial charge in [0.1, 0.15) is 0 Å². The van der Waals surface area contributed by atoms with Crippen molar-refractivity contribution in [2.24, 2.45) is 10.9 Å². The summed E-state index contributed by atoms with van der Waals surface area (Å²) in [4.78, 5) is 12.9. The molecular weight excluding hydrogens is 456 g/mol. The molecule has 0 aliphatic rings. The number of carbonyl (C=O) groups excluding carboxylic acids is 1. The van der Waals surface area contributed by atoms with Crippen LogP contribution in [-0.2, 0) is 10.0 Å². The molecule has 10 nitrogen and oxygen atoms in total. The largest absolute Gasteiger partial charge is 0.490 e. The third kappa shape index (κ3) is 6.22. The predicted molar refractivity (Wildman–Crippen MR) is 124 cm³/mol. The van der Waals surface area contributed by atoms with Crippen molar-refractivity contribution in [3.8, 4) is 17.2 Å². The van der Waals surface area contributed by atoms with Crippen LogP contribution in [0.2, 0.25) is 0 Å². The summed E-state index contributed by atoms with van der Waals surface area (Å²) in [6.45, 7) is 6.53. The molecule has 0 heterocycles. The van der Waals surface area contributed by atoms with Gasteiger partial charge in [0.25, 0.3) is 5.91 Å². The lowest BCUT2D eigenvalue weighted by Gasteiger charge is -2.24. The highest BCUT2D eigenvalue weighted by atomic mass is 32.2. The summed E-state index contributed by atoms with van der Waals surface area (Å²) in [5, 5.41) is 6.09. The van der Waals surface area contributed by atoms with Crippen molar-refractivity contribution in [1.29, 1.82) is 0 Å². The Morgan fingerprint density at radius 2 is 1.50 bits per heavy atom. The highest BCUT2D eigenvalue weighted by Crippen LogP contribution is 2.39.